The van der Waals surface area contributed by atoms with Gasteiger partial charge in [-0.05, 0) is 30.2 Å². The number of hydrogen-bond donors (Lipinski definition) is 1. The highest BCUT2D eigenvalue weighted by Crippen LogP contribution is 2.53. The Morgan fingerprint density at radius 3 is 2.38 bits per heavy atom. The van der Waals surface area contributed by atoms with Crippen molar-refractivity contribution in [1.29, 1.82) is 0 Å². The zero-order valence-corrected chi connectivity index (χ0v) is 17.6. The summed E-state index contributed by atoms with van der Waals surface area (Å²) in [4.78, 5) is 62.3. The first-order valence-electron chi connectivity index (χ1n) is 10.4. The fourth-order valence-corrected chi connectivity index (χ4v) is 4.99. The first kappa shape index (κ1) is 21.7. The summed E-state index contributed by atoms with van der Waals surface area (Å²) in [6.07, 6.45) is 4.73. The molecular weight excluding hydrogens is 418 g/mol. The van der Waals surface area contributed by atoms with Crippen LogP contribution in [-0.2, 0) is 23.9 Å². The molecule has 3 amide bonds. The number of likely N-dealkylation sites (tertiary alicyclic amines) is 1. The predicted octanol–water partition coefficient (Wildman–Crippen LogP) is 1.91. The van der Waals surface area contributed by atoms with E-state index in [1.165, 1.54) is 24.3 Å². The van der Waals surface area contributed by atoms with Gasteiger partial charge in [-0.25, -0.2) is 4.79 Å². The predicted molar refractivity (Wildman–Crippen MR) is 111 cm³/mol. The van der Waals surface area contributed by atoms with Gasteiger partial charge in [-0.1, -0.05) is 32.1 Å². The minimum Gasteiger partial charge on any atom is -0.454 e. The van der Waals surface area contributed by atoms with Gasteiger partial charge in [0.15, 0.2) is 6.61 Å². The van der Waals surface area contributed by atoms with E-state index in [-0.39, 0.29) is 35.0 Å². The van der Waals surface area contributed by atoms with E-state index in [0.717, 1.165) is 11.3 Å². The number of esters is 1. The molecule has 10 nitrogen and oxygen atoms in total. The molecule has 2 aliphatic carbocycles. The minimum atomic E-state index is -1.12. The second-order valence-corrected chi connectivity index (χ2v) is 8.70. The molecule has 1 N–H and O–H groups in total. The number of nitrogens with zero attached hydrogens (tertiary/aromatic N) is 2. The summed E-state index contributed by atoms with van der Waals surface area (Å²) < 4.78 is 5.13. The average molecular weight is 441 g/mol. The van der Waals surface area contributed by atoms with Gasteiger partial charge in [0.1, 0.15) is 6.04 Å². The minimum absolute atomic E-state index is 0.0241. The van der Waals surface area contributed by atoms with Crippen molar-refractivity contribution < 1.29 is 28.8 Å². The van der Waals surface area contributed by atoms with Crippen LogP contribution in [0.3, 0.4) is 0 Å². The van der Waals surface area contributed by atoms with Crippen LogP contribution in [0.1, 0.15) is 20.3 Å². The third-order valence-corrected chi connectivity index (χ3v) is 6.34. The molecule has 1 saturated heterocycles. The first-order chi connectivity index (χ1) is 15.2. The molecular formula is C22H23N3O7. The van der Waals surface area contributed by atoms with Crippen molar-refractivity contribution in [2.24, 2.45) is 29.6 Å². The summed E-state index contributed by atoms with van der Waals surface area (Å²) in [7, 11) is 0. The van der Waals surface area contributed by atoms with Crippen LogP contribution in [0.5, 0.6) is 0 Å². The number of fused-ring (bicyclic) bond motifs is 5. The third kappa shape index (κ3) is 3.65. The summed E-state index contributed by atoms with van der Waals surface area (Å²) >= 11 is 0. The highest BCUT2D eigenvalue weighted by atomic mass is 16.6. The molecule has 32 heavy (non-hydrogen) atoms. The summed E-state index contributed by atoms with van der Waals surface area (Å²) in [5.74, 6) is -3.45. The summed E-state index contributed by atoms with van der Waals surface area (Å²) in [5.41, 5.74) is -0.0129. The van der Waals surface area contributed by atoms with E-state index in [2.05, 4.69) is 5.32 Å². The second-order valence-electron chi connectivity index (χ2n) is 8.70. The Balaban J connectivity index is 1.41. The van der Waals surface area contributed by atoms with E-state index in [1.54, 1.807) is 13.8 Å². The van der Waals surface area contributed by atoms with Crippen molar-refractivity contribution in [2.45, 2.75) is 26.3 Å². The Morgan fingerprint density at radius 2 is 1.81 bits per heavy atom. The largest absolute Gasteiger partial charge is 0.454 e. The molecule has 5 atom stereocenters. The van der Waals surface area contributed by atoms with Crippen LogP contribution < -0.4 is 5.32 Å². The molecule has 10 heteroatoms. The third-order valence-electron chi connectivity index (χ3n) is 6.34. The smallest absolute Gasteiger partial charge is 0.330 e. The van der Waals surface area contributed by atoms with Gasteiger partial charge >= 0.3 is 5.97 Å². The van der Waals surface area contributed by atoms with Crippen molar-refractivity contribution in [3.63, 3.8) is 0 Å². The van der Waals surface area contributed by atoms with E-state index >= 15 is 0 Å². The van der Waals surface area contributed by atoms with E-state index < -0.39 is 47.2 Å². The molecule has 1 aromatic carbocycles. The van der Waals surface area contributed by atoms with E-state index in [1.807, 2.05) is 12.2 Å². The Labute approximate surface area is 183 Å². The molecule has 2 fully saturated rings. The van der Waals surface area contributed by atoms with Gasteiger partial charge < -0.3 is 10.1 Å². The van der Waals surface area contributed by atoms with E-state index in [4.69, 9.17) is 4.74 Å². The average Bonchev–Trinajstić information content (AvgIpc) is 3.42. The van der Waals surface area contributed by atoms with Crippen LogP contribution in [0.15, 0.2) is 36.4 Å². The monoisotopic (exact) mass is 441 g/mol. The zero-order chi connectivity index (χ0) is 23.2. The van der Waals surface area contributed by atoms with Crippen molar-refractivity contribution >= 4 is 35.1 Å². The number of imide groups is 1. The quantitative estimate of drug-likeness (QED) is 0.224. The van der Waals surface area contributed by atoms with Gasteiger partial charge in [-0.2, -0.15) is 0 Å². The van der Waals surface area contributed by atoms with Gasteiger partial charge in [-0.3, -0.25) is 29.4 Å². The van der Waals surface area contributed by atoms with Crippen molar-refractivity contribution in [1.82, 2.24) is 4.90 Å². The van der Waals surface area contributed by atoms with Crippen LogP contribution >= 0.6 is 0 Å². The Bertz CT molecular complexity index is 1000. The molecule has 1 heterocycles. The molecule has 1 aliphatic heterocycles. The van der Waals surface area contributed by atoms with E-state index in [9.17, 15) is 29.3 Å². The number of non-ortho nitro benzene ring substituents is 1. The fraction of sp³-hybridized carbons (Fsp3) is 0.455. The fourth-order valence-electron chi connectivity index (χ4n) is 4.99. The number of carbonyl (C=O) groups is 4. The molecule has 1 saturated carbocycles. The number of nitro groups is 1. The maximum Gasteiger partial charge on any atom is 0.330 e. The lowest BCUT2D eigenvalue weighted by Gasteiger charge is -2.28. The summed E-state index contributed by atoms with van der Waals surface area (Å²) in [5, 5.41) is 13.3. The molecule has 1 aromatic rings. The number of allylic oxidation sites excluding steroid dienone is 2. The molecule has 0 radical (unpaired) electrons. The molecule has 0 aromatic heterocycles. The van der Waals surface area contributed by atoms with Crippen LogP contribution in [0.4, 0.5) is 11.4 Å². The van der Waals surface area contributed by atoms with E-state index in [0.29, 0.717) is 0 Å². The Morgan fingerprint density at radius 1 is 1.19 bits per heavy atom. The van der Waals surface area contributed by atoms with Crippen LogP contribution in [0, 0.1) is 39.7 Å². The van der Waals surface area contributed by atoms with Crippen LogP contribution in [0.25, 0.3) is 0 Å². The molecule has 0 unspecified atom stereocenters. The molecule has 4 rings (SSSR count). The number of benzene rings is 1. The summed E-state index contributed by atoms with van der Waals surface area (Å²) in [6.45, 7) is 2.76. The normalized spacial score (nSPS) is 26.4. The maximum atomic E-state index is 13.0. The standard InChI is InChI=1S/C22H23N3O7/c1-11(2)19(24-20(27)17-12-6-7-13(8-12)18(17)21(24)28)22(29)32-10-16(26)23-14-4-3-5-15(9-14)25(30)31/h3-7,9,11-13,17-19H,8,10H2,1-2H3,(H,23,26)/t12-,13-,17+,18+,19+/m0/s1. The number of amides is 3. The maximum absolute atomic E-state index is 13.0. The van der Waals surface area contributed by atoms with Gasteiger partial charge in [0.25, 0.3) is 11.6 Å². The number of ether oxygens (including phenoxy) is 1. The number of nitrogens with one attached hydrogen (secondary N) is 1. The lowest BCUT2D eigenvalue weighted by Crippen LogP contribution is -2.50. The lowest BCUT2D eigenvalue weighted by atomic mass is 9.85. The Kier molecular flexibility index (Phi) is 5.53. The molecule has 2 bridgehead atoms. The Hall–Kier alpha value is -3.56. The zero-order valence-electron chi connectivity index (χ0n) is 17.6. The van der Waals surface area contributed by atoms with Crippen molar-refractivity contribution in [2.75, 3.05) is 11.9 Å². The molecule has 0 spiro atoms. The van der Waals surface area contributed by atoms with Gasteiger partial charge in [0.05, 0.1) is 16.8 Å². The van der Waals surface area contributed by atoms with Gasteiger partial charge in [-0.15, -0.1) is 0 Å². The van der Waals surface area contributed by atoms with Gasteiger partial charge in [0.2, 0.25) is 11.8 Å². The number of hydrogen-bond acceptors (Lipinski definition) is 7. The van der Waals surface area contributed by atoms with Crippen molar-refractivity contribution in [3.8, 4) is 0 Å². The molecule has 168 valence electrons. The number of carbonyl (C=O) groups excluding carboxylic acids is 4. The lowest BCUT2D eigenvalue weighted by molar-refractivity contribution is -0.384. The highest BCUT2D eigenvalue weighted by Gasteiger charge is 2.61. The number of anilines is 1. The molecule has 3 aliphatic rings. The van der Waals surface area contributed by atoms with Crippen molar-refractivity contribution in [3.05, 3.63) is 46.5 Å². The van der Waals surface area contributed by atoms with Crippen LogP contribution in [0.2, 0.25) is 0 Å². The highest BCUT2D eigenvalue weighted by molar-refractivity contribution is 6.09. The topological polar surface area (TPSA) is 136 Å². The SMILES string of the molecule is CC(C)[C@H](C(=O)OCC(=O)Nc1cccc([N+](=O)[O-])c1)N1C(=O)[C@H]2[C@H](C1=O)[C@H]1C=C[C@H]2C1. The van der Waals surface area contributed by atoms with Gasteiger partial charge in [0, 0.05) is 17.8 Å². The number of nitro benzene ring substituents is 1. The number of rotatable bonds is 7. The van der Waals surface area contributed by atoms with Crippen LogP contribution in [-0.4, -0.2) is 46.2 Å². The first-order valence-corrected chi connectivity index (χ1v) is 10.4. The second kappa shape index (κ2) is 8.18. The summed E-state index contributed by atoms with van der Waals surface area (Å²) in [6, 6.07) is 4.22.